The molecule has 6 nitrogen and oxygen atoms in total. The van der Waals surface area contributed by atoms with Gasteiger partial charge in [0.25, 0.3) is 0 Å². The summed E-state index contributed by atoms with van der Waals surface area (Å²) < 4.78 is 10.1. The largest absolute Gasteiger partial charge is 0.425 e. The Kier molecular flexibility index (Phi) is 9.70. The van der Waals surface area contributed by atoms with Crippen LogP contribution in [0.1, 0.15) is 52.4 Å². The number of rotatable bonds is 10. The van der Waals surface area contributed by atoms with Gasteiger partial charge < -0.3 is 15.2 Å². The van der Waals surface area contributed by atoms with Gasteiger partial charge in [-0.3, -0.25) is 14.4 Å². The lowest BCUT2D eigenvalue weighted by atomic mass is 10.2. The average Bonchev–Trinajstić information content (AvgIpc) is 2.36. The minimum Gasteiger partial charge on any atom is -0.425 e. The first-order valence-corrected chi connectivity index (χ1v) is 6.64. The summed E-state index contributed by atoms with van der Waals surface area (Å²) >= 11 is 0. The van der Waals surface area contributed by atoms with Crippen LogP contribution in [0.3, 0.4) is 0 Å². The number of ether oxygens (including phenoxy) is 2. The molecule has 0 saturated carbocycles. The van der Waals surface area contributed by atoms with E-state index in [0.29, 0.717) is 19.3 Å². The molecule has 0 amide bonds. The van der Waals surface area contributed by atoms with Crippen LogP contribution in [0.4, 0.5) is 0 Å². The summed E-state index contributed by atoms with van der Waals surface area (Å²) in [6, 6.07) is 0. The summed E-state index contributed by atoms with van der Waals surface area (Å²) in [4.78, 5) is 33.8. The second-order valence-electron chi connectivity index (χ2n) is 4.19. The van der Waals surface area contributed by atoms with E-state index in [9.17, 15) is 14.4 Å². The van der Waals surface area contributed by atoms with Gasteiger partial charge in [-0.15, -0.1) is 0 Å². The van der Waals surface area contributed by atoms with Crippen molar-refractivity contribution in [3.05, 3.63) is 0 Å². The van der Waals surface area contributed by atoms with E-state index >= 15 is 0 Å². The fourth-order valence-electron chi connectivity index (χ4n) is 1.34. The van der Waals surface area contributed by atoms with Gasteiger partial charge in [-0.2, -0.15) is 0 Å². The Balaban J connectivity index is 4.13. The molecule has 19 heavy (non-hydrogen) atoms. The predicted octanol–water partition coefficient (Wildman–Crippen LogP) is 1.31. The number of esters is 2. The summed E-state index contributed by atoms with van der Waals surface area (Å²) in [5.41, 5.74) is 5.14. The molecule has 2 N–H and O–H groups in total. The van der Waals surface area contributed by atoms with Crippen LogP contribution in [-0.2, 0) is 23.9 Å². The Hall–Kier alpha value is -1.43. The van der Waals surface area contributed by atoms with E-state index in [4.69, 9.17) is 15.2 Å². The van der Waals surface area contributed by atoms with Gasteiger partial charge in [-0.05, 0) is 12.8 Å². The smallest absolute Gasteiger partial charge is 0.309 e. The van der Waals surface area contributed by atoms with E-state index in [1.54, 1.807) is 0 Å². The molecule has 0 bridgehead atoms. The molecule has 0 aliphatic carbocycles. The first kappa shape index (κ1) is 17.6. The van der Waals surface area contributed by atoms with Crippen molar-refractivity contribution >= 4 is 17.7 Å². The van der Waals surface area contributed by atoms with Crippen molar-refractivity contribution in [3.63, 3.8) is 0 Å². The standard InChI is InChI=1S/C13H23NO5/c1-3-5-11(16)18-13(6-4-2)19-12(17)8-7-10(15)9-14/h13H,3-9,14H2,1-2H3. The molecule has 0 radical (unpaired) electrons. The number of nitrogens with two attached hydrogens (primary N) is 1. The van der Waals surface area contributed by atoms with Crippen molar-refractivity contribution < 1.29 is 23.9 Å². The SMILES string of the molecule is CCCC(=O)OC(CCC)OC(=O)CCC(=O)CN. The molecular formula is C13H23NO5. The molecule has 0 aromatic carbocycles. The topological polar surface area (TPSA) is 95.7 Å². The fourth-order valence-corrected chi connectivity index (χ4v) is 1.34. The molecule has 6 heteroatoms. The van der Waals surface area contributed by atoms with Crippen molar-refractivity contribution in [2.24, 2.45) is 5.73 Å². The molecule has 0 saturated heterocycles. The van der Waals surface area contributed by atoms with Crippen LogP contribution < -0.4 is 5.73 Å². The molecule has 0 fully saturated rings. The zero-order chi connectivity index (χ0) is 14.7. The van der Waals surface area contributed by atoms with Gasteiger partial charge in [-0.25, -0.2) is 0 Å². The number of hydrogen-bond donors (Lipinski definition) is 1. The van der Waals surface area contributed by atoms with Gasteiger partial charge in [0.05, 0.1) is 13.0 Å². The van der Waals surface area contributed by atoms with Crippen LogP contribution in [-0.4, -0.2) is 30.6 Å². The van der Waals surface area contributed by atoms with Gasteiger partial charge in [-0.1, -0.05) is 13.8 Å². The molecule has 0 aromatic rings. The lowest BCUT2D eigenvalue weighted by molar-refractivity contribution is -0.189. The lowest BCUT2D eigenvalue weighted by Crippen LogP contribution is -2.25. The van der Waals surface area contributed by atoms with Crippen LogP contribution >= 0.6 is 0 Å². The summed E-state index contributed by atoms with van der Waals surface area (Å²) in [5.74, 6) is -1.14. The van der Waals surface area contributed by atoms with E-state index in [1.165, 1.54) is 0 Å². The fraction of sp³-hybridized carbons (Fsp3) is 0.769. The molecule has 0 aliphatic heterocycles. The Morgan fingerprint density at radius 1 is 0.947 bits per heavy atom. The van der Waals surface area contributed by atoms with Crippen LogP contribution in [0.15, 0.2) is 0 Å². The molecular weight excluding hydrogens is 250 g/mol. The molecule has 110 valence electrons. The second kappa shape index (κ2) is 10.5. The zero-order valence-electron chi connectivity index (χ0n) is 11.6. The molecule has 0 rings (SSSR count). The van der Waals surface area contributed by atoms with E-state index in [-0.39, 0.29) is 31.1 Å². The van der Waals surface area contributed by atoms with Crippen molar-refractivity contribution in [1.29, 1.82) is 0 Å². The van der Waals surface area contributed by atoms with Gasteiger partial charge in [0, 0.05) is 19.3 Å². The monoisotopic (exact) mass is 273 g/mol. The minimum atomic E-state index is -0.857. The highest BCUT2D eigenvalue weighted by atomic mass is 16.7. The maximum absolute atomic E-state index is 11.5. The Labute approximate surface area is 113 Å². The zero-order valence-corrected chi connectivity index (χ0v) is 11.6. The quantitative estimate of drug-likeness (QED) is 0.476. The summed E-state index contributed by atoms with van der Waals surface area (Å²) in [5, 5.41) is 0. The molecule has 0 aromatic heterocycles. The van der Waals surface area contributed by atoms with E-state index < -0.39 is 12.3 Å². The highest BCUT2D eigenvalue weighted by Crippen LogP contribution is 2.08. The normalized spacial score (nSPS) is 11.7. The van der Waals surface area contributed by atoms with Gasteiger partial charge >= 0.3 is 11.9 Å². The molecule has 0 spiro atoms. The van der Waals surface area contributed by atoms with Gasteiger partial charge in [0.1, 0.15) is 5.78 Å². The number of carbonyl (C=O) groups is 3. The van der Waals surface area contributed by atoms with Crippen LogP contribution in [0.2, 0.25) is 0 Å². The van der Waals surface area contributed by atoms with E-state index in [0.717, 1.165) is 6.42 Å². The highest BCUT2D eigenvalue weighted by Gasteiger charge is 2.18. The minimum absolute atomic E-state index is 0.0401. The maximum atomic E-state index is 11.5. The van der Waals surface area contributed by atoms with Crippen LogP contribution in [0.5, 0.6) is 0 Å². The van der Waals surface area contributed by atoms with E-state index in [2.05, 4.69) is 0 Å². The molecule has 0 aliphatic rings. The highest BCUT2D eigenvalue weighted by molar-refractivity contribution is 5.84. The first-order valence-electron chi connectivity index (χ1n) is 6.64. The number of Topliss-reactive ketones (excluding diaryl/α,β-unsaturated/α-hetero) is 1. The average molecular weight is 273 g/mol. The predicted molar refractivity (Wildman–Crippen MR) is 69.1 cm³/mol. The van der Waals surface area contributed by atoms with Crippen LogP contribution in [0, 0.1) is 0 Å². The third-order valence-electron chi connectivity index (χ3n) is 2.34. The van der Waals surface area contributed by atoms with Crippen LogP contribution in [0.25, 0.3) is 0 Å². The molecule has 1 atom stereocenters. The van der Waals surface area contributed by atoms with Crippen molar-refractivity contribution in [1.82, 2.24) is 0 Å². The Morgan fingerprint density at radius 2 is 1.53 bits per heavy atom. The lowest BCUT2D eigenvalue weighted by Gasteiger charge is -2.17. The molecule has 0 heterocycles. The van der Waals surface area contributed by atoms with Crippen molar-refractivity contribution in [3.8, 4) is 0 Å². The number of carbonyl (C=O) groups excluding carboxylic acids is 3. The number of hydrogen-bond acceptors (Lipinski definition) is 6. The molecule has 1 unspecified atom stereocenters. The van der Waals surface area contributed by atoms with Gasteiger partial charge in [0.2, 0.25) is 6.29 Å². The third kappa shape index (κ3) is 9.18. The van der Waals surface area contributed by atoms with Gasteiger partial charge in [0.15, 0.2) is 0 Å². The second-order valence-corrected chi connectivity index (χ2v) is 4.19. The van der Waals surface area contributed by atoms with Crippen molar-refractivity contribution in [2.45, 2.75) is 58.7 Å². The van der Waals surface area contributed by atoms with Crippen molar-refractivity contribution in [2.75, 3.05) is 6.54 Å². The first-order chi connectivity index (χ1) is 9.03. The third-order valence-corrected chi connectivity index (χ3v) is 2.34. The Morgan fingerprint density at radius 3 is 2.00 bits per heavy atom. The summed E-state index contributed by atoms with van der Waals surface area (Å²) in [6.45, 7) is 3.67. The summed E-state index contributed by atoms with van der Waals surface area (Å²) in [7, 11) is 0. The summed E-state index contributed by atoms with van der Waals surface area (Å²) in [6.07, 6.45) is 1.30. The maximum Gasteiger partial charge on any atom is 0.309 e. The Bertz CT molecular complexity index is 303. The van der Waals surface area contributed by atoms with E-state index in [1.807, 2.05) is 13.8 Å². The number of ketones is 1.